The van der Waals surface area contributed by atoms with E-state index in [4.69, 9.17) is 0 Å². The number of amides is 1. The highest BCUT2D eigenvalue weighted by molar-refractivity contribution is 5.85. The van der Waals surface area contributed by atoms with E-state index in [1.165, 1.54) is 25.9 Å². The molecule has 2 fully saturated rings. The minimum Gasteiger partial charge on any atom is -0.356 e. The second kappa shape index (κ2) is 8.08. The Balaban J connectivity index is 0.00000180. The molecule has 0 radical (unpaired) electrons. The lowest BCUT2D eigenvalue weighted by molar-refractivity contribution is -0.125. The molecule has 0 aromatic carbocycles. The molecule has 5 heteroatoms. The summed E-state index contributed by atoms with van der Waals surface area (Å²) in [5.74, 6) is 1.72. The molecule has 4 nitrogen and oxygen atoms in total. The molecule has 112 valence electrons. The highest BCUT2D eigenvalue weighted by Crippen LogP contribution is 2.19. The van der Waals surface area contributed by atoms with E-state index in [-0.39, 0.29) is 24.2 Å². The molecular weight excluding hydrogens is 262 g/mol. The zero-order valence-electron chi connectivity index (χ0n) is 12.2. The average molecular weight is 290 g/mol. The van der Waals surface area contributed by atoms with Crippen molar-refractivity contribution in [1.29, 1.82) is 0 Å². The SMILES string of the molecule is C[C@@H]1CNC[C@H]1C(=O)NCCC1CCN(C)CC1.Cl. The van der Waals surface area contributed by atoms with Gasteiger partial charge in [0, 0.05) is 13.1 Å². The normalized spacial score (nSPS) is 28.9. The lowest BCUT2D eigenvalue weighted by Crippen LogP contribution is -2.36. The summed E-state index contributed by atoms with van der Waals surface area (Å²) in [4.78, 5) is 14.4. The molecule has 0 aliphatic carbocycles. The number of hydrogen-bond donors (Lipinski definition) is 2. The Hall–Kier alpha value is -0.320. The maximum atomic E-state index is 12.0. The van der Waals surface area contributed by atoms with Crippen LogP contribution >= 0.6 is 12.4 Å². The summed E-state index contributed by atoms with van der Waals surface area (Å²) >= 11 is 0. The van der Waals surface area contributed by atoms with Crippen LogP contribution in [0.4, 0.5) is 0 Å². The van der Waals surface area contributed by atoms with Crippen LogP contribution in [0, 0.1) is 17.8 Å². The van der Waals surface area contributed by atoms with Gasteiger partial charge in [0.2, 0.25) is 5.91 Å². The van der Waals surface area contributed by atoms with Gasteiger partial charge >= 0.3 is 0 Å². The van der Waals surface area contributed by atoms with Gasteiger partial charge in [-0.3, -0.25) is 4.79 Å². The fourth-order valence-corrected chi connectivity index (χ4v) is 3.04. The number of rotatable bonds is 4. The molecular formula is C14H28ClN3O. The smallest absolute Gasteiger partial charge is 0.224 e. The second-order valence-electron chi connectivity index (χ2n) is 6.07. The van der Waals surface area contributed by atoms with Crippen LogP contribution in [-0.4, -0.2) is 50.6 Å². The number of carbonyl (C=O) groups is 1. The molecule has 0 bridgehead atoms. The predicted molar refractivity (Wildman–Crippen MR) is 80.6 cm³/mol. The van der Waals surface area contributed by atoms with Crippen LogP contribution in [0.2, 0.25) is 0 Å². The number of piperidine rings is 1. The molecule has 2 saturated heterocycles. The second-order valence-corrected chi connectivity index (χ2v) is 6.07. The van der Waals surface area contributed by atoms with Gasteiger partial charge in [-0.05, 0) is 57.8 Å². The summed E-state index contributed by atoms with van der Waals surface area (Å²) in [7, 11) is 2.19. The summed E-state index contributed by atoms with van der Waals surface area (Å²) < 4.78 is 0. The maximum Gasteiger partial charge on any atom is 0.224 e. The first-order valence-electron chi connectivity index (χ1n) is 7.34. The van der Waals surface area contributed by atoms with Gasteiger partial charge in [0.15, 0.2) is 0 Å². The third kappa shape index (κ3) is 4.93. The summed E-state index contributed by atoms with van der Waals surface area (Å²) in [5, 5.41) is 6.40. The van der Waals surface area contributed by atoms with E-state index >= 15 is 0 Å². The van der Waals surface area contributed by atoms with E-state index in [0.29, 0.717) is 5.92 Å². The van der Waals surface area contributed by atoms with Crippen molar-refractivity contribution in [1.82, 2.24) is 15.5 Å². The lowest BCUT2D eigenvalue weighted by atomic mass is 9.93. The molecule has 2 aliphatic heterocycles. The van der Waals surface area contributed by atoms with E-state index in [9.17, 15) is 4.79 Å². The Morgan fingerprint density at radius 1 is 1.32 bits per heavy atom. The molecule has 0 aromatic rings. The highest BCUT2D eigenvalue weighted by atomic mass is 35.5. The first-order chi connectivity index (χ1) is 8.66. The third-order valence-corrected chi connectivity index (χ3v) is 4.54. The van der Waals surface area contributed by atoms with Crippen LogP contribution in [0.3, 0.4) is 0 Å². The van der Waals surface area contributed by atoms with Crippen LogP contribution in [0.15, 0.2) is 0 Å². The first kappa shape index (κ1) is 16.7. The zero-order chi connectivity index (χ0) is 13.0. The molecule has 0 saturated carbocycles. The van der Waals surface area contributed by atoms with Gasteiger partial charge in [-0.1, -0.05) is 6.92 Å². The fourth-order valence-electron chi connectivity index (χ4n) is 3.04. The van der Waals surface area contributed by atoms with Crippen LogP contribution in [0.1, 0.15) is 26.2 Å². The van der Waals surface area contributed by atoms with E-state index in [1.54, 1.807) is 0 Å². The molecule has 1 amide bonds. The number of carbonyl (C=O) groups excluding carboxylic acids is 1. The highest BCUT2D eigenvalue weighted by Gasteiger charge is 2.29. The van der Waals surface area contributed by atoms with E-state index in [0.717, 1.165) is 32.0 Å². The summed E-state index contributed by atoms with van der Waals surface area (Å²) in [6, 6.07) is 0. The van der Waals surface area contributed by atoms with Crippen molar-refractivity contribution in [3.05, 3.63) is 0 Å². The standard InChI is InChI=1S/C14H27N3O.ClH/c1-11-9-15-10-13(11)14(18)16-6-3-12-4-7-17(2)8-5-12;/h11-13,15H,3-10H2,1-2H3,(H,16,18);1H/t11-,13-;/m1./s1. The fraction of sp³-hybridized carbons (Fsp3) is 0.929. The Morgan fingerprint density at radius 3 is 2.58 bits per heavy atom. The van der Waals surface area contributed by atoms with Gasteiger partial charge in [-0.15, -0.1) is 12.4 Å². The van der Waals surface area contributed by atoms with Crippen molar-refractivity contribution in [2.24, 2.45) is 17.8 Å². The van der Waals surface area contributed by atoms with Crippen LogP contribution < -0.4 is 10.6 Å². The molecule has 0 aromatic heterocycles. The van der Waals surface area contributed by atoms with Gasteiger partial charge in [0.1, 0.15) is 0 Å². The Kier molecular flexibility index (Phi) is 7.11. The van der Waals surface area contributed by atoms with Crippen molar-refractivity contribution < 1.29 is 4.79 Å². The van der Waals surface area contributed by atoms with Crippen LogP contribution in [0.25, 0.3) is 0 Å². The quantitative estimate of drug-likeness (QED) is 0.815. The number of likely N-dealkylation sites (tertiary alicyclic amines) is 1. The molecule has 0 unspecified atom stereocenters. The van der Waals surface area contributed by atoms with Crippen LogP contribution in [0.5, 0.6) is 0 Å². The van der Waals surface area contributed by atoms with Crippen molar-refractivity contribution in [2.45, 2.75) is 26.2 Å². The number of hydrogen-bond acceptors (Lipinski definition) is 3. The van der Waals surface area contributed by atoms with Gasteiger partial charge in [-0.2, -0.15) is 0 Å². The molecule has 2 heterocycles. The number of nitrogens with one attached hydrogen (secondary N) is 2. The van der Waals surface area contributed by atoms with Crippen molar-refractivity contribution in [3.8, 4) is 0 Å². The molecule has 2 aliphatic rings. The summed E-state index contributed by atoms with van der Waals surface area (Å²) in [6.45, 7) is 7.26. The van der Waals surface area contributed by atoms with Gasteiger partial charge < -0.3 is 15.5 Å². The molecule has 2 atom stereocenters. The van der Waals surface area contributed by atoms with E-state index in [2.05, 4.69) is 29.5 Å². The van der Waals surface area contributed by atoms with E-state index in [1.807, 2.05) is 0 Å². The monoisotopic (exact) mass is 289 g/mol. The molecule has 2 rings (SSSR count). The number of halogens is 1. The van der Waals surface area contributed by atoms with Crippen molar-refractivity contribution in [2.75, 3.05) is 39.8 Å². The molecule has 0 spiro atoms. The summed E-state index contributed by atoms with van der Waals surface area (Å²) in [5.41, 5.74) is 0. The average Bonchev–Trinajstić information content (AvgIpc) is 2.78. The third-order valence-electron chi connectivity index (χ3n) is 4.54. The lowest BCUT2D eigenvalue weighted by Gasteiger charge is -2.29. The van der Waals surface area contributed by atoms with Gasteiger partial charge in [0.05, 0.1) is 5.92 Å². The van der Waals surface area contributed by atoms with Gasteiger partial charge in [-0.25, -0.2) is 0 Å². The molecule has 2 N–H and O–H groups in total. The Morgan fingerprint density at radius 2 is 2.00 bits per heavy atom. The maximum absolute atomic E-state index is 12.0. The minimum atomic E-state index is 0. The first-order valence-corrected chi connectivity index (χ1v) is 7.34. The van der Waals surface area contributed by atoms with Gasteiger partial charge in [0.25, 0.3) is 0 Å². The van der Waals surface area contributed by atoms with Crippen LogP contribution in [-0.2, 0) is 4.79 Å². The molecule has 19 heavy (non-hydrogen) atoms. The predicted octanol–water partition coefficient (Wildman–Crippen LogP) is 1.11. The van der Waals surface area contributed by atoms with E-state index < -0.39 is 0 Å². The summed E-state index contributed by atoms with van der Waals surface area (Å²) in [6.07, 6.45) is 3.72. The zero-order valence-corrected chi connectivity index (χ0v) is 13.0. The topological polar surface area (TPSA) is 44.4 Å². The van der Waals surface area contributed by atoms with Crippen molar-refractivity contribution >= 4 is 18.3 Å². The minimum absolute atomic E-state index is 0. The number of nitrogens with zero attached hydrogens (tertiary/aromatic N) is 1. The Bertz CT molecular complexity index is 280. The van der Waals surface area contributed by atoms with Crippen molar-refractivity contribution in [3.63, 3.8) is 0 Å². The largest absolute Gasteiger partial charge is 0.356 e. The Labute approximate surface area is 123 Å².